The minimum absolute atomic E-state index is 0.0706. The first-order valence-corrected chi connectivity index (χ1v) is 6.12. The number of phenols is 1. The zero-order valence-electron chi connectivity index (χ0n) is 11.0. The first kappa shape index (κ1) is 13.6. The number of aromatic hydroxyl groups is 1. The van der Waals surface area contributed by atoms with Gasteiger partial charge in [-0.25, -0.2) is 0 Å². The zero-order valence-corrected chi connectivity index (χ0v) is 11.0. The highest BCUT2D eigenvalue weighted by molar-refractivity contribution is 6.14. The Morgan fingerprint density at radius 2 is 1.90 bits per heavy atom. The number of benzene rings is 2. The van der Waals surface area contributed by atoms with Crippen molar-refractivity contribution in [3.05, 3.63) is 70.8 Å². The first-order valence-electron chi connectivity index (χ1n) is 6.12. The number of aryl methyl sites for hydroxylation is 1. The molecular formula is C17H13NO2. The second-order valence-corrected chi connectivity index (χ2v) is 4.46. The molecule has 2 rings (SSSR count). The van der Waals surface area contributed by atoms with Crippen molar-refractivity contribution in [2.75, 3.05) is 0 Å². The molecule has 3 nitrogen and oxygen atoms in total. The van der Waals surface area contributed by atoms with Crippen molar-refractivity contribution in [3.8, 4) is 11.8 Å². The van der Waals surface area contributed by atoms with E-state index in [9.17, 15) is 9.90 Å². The minimum Gasteiger partial charge on any atom is -0.508 e. The molecule has 1 N–H and O–H groups in total. The Morgan fingerprint density at radius 1 is 1.20 bits per heavy atom. The number of phenolic OH excluding ortho intramolecular Hbond substituents is 1. The lowest BCUT2D eigenvalue weighted by atomic mass is 10.0. The van der Waals surface area contributed by atoms with E-state index in [2.05, 4.69) is 0 Å². The van der Waals surface area contributed by atoms with Gasteiger partial charge in [-0.05, 0) is 36.8 Å². The van der Waals surface area contributed by atoms with Crippen LogP contribution >= 0.6 is 0 Å². The number of Topliss-reactive ketones (excluding diaryl/α,β-unsaturated/α-hetero) is 1. The van der Waals surface area contributed by atoms with Crippen LogP contribution in [0.15, 0.2) is 54.1 Å². The molecule has 0 heterocycles. The van der Waals surface area contributed by atoms with Gasteiger partial charge >= 0.3 is 0 Å². The van der Waals surface area contributed by atoms with Crippen LogP contribution < -0.4 is 0 Å². The summed E-state index contributed by atoms with van der Waals surface area (Å²) >= 11 is 0. The van der Waals surface area contributed by atoms with E-state index in [1.165, 1.54) is 18.2 Å². The Bertz CT molecular complexity index is 707. The molecule has 0 atom stereocenters. The van der Waals surface area contributed by atoms with Gasteiger partial charge in [-0.15, -0.1) is 0 Å². The summed E-state index contributed by atoms with van der Waals surface area (Å²) in [6.07, 6.45) is 1.52. The Balaban J connectivity index is 2.35. The number of nitriles is 1. The van der Waals surface area contributed by atoms with Crippen molar-refractivity contribution in [2.45, 2.75) is 6.92 Å². The van der Waals surface area contributed by atoms with E-state index in [0.29, 0.717) is 11.1 Å². The quantitative estimate of drug-likeness (QED) is 0.524. The molecule has 0 aromatic heterocycles. The van der Waals surface area contributed by atoms with Gasteiger partial charge in [0.25, 0.3) is 0 Å². The van der Waals surface area contributed by atoms with Crippen LogP contribution in [0, 0.1) is 18.3 Å². The van der Waals surface area contributed by atoms with E-state index < -0.39 is 0 Å². The van der Waals surface area contributed by atoms with Gasteiger partial charge in [0, 0.05) is 5.56 Å². The van der Waals surface area contributed by atoms with Gasteiger partial charge in [0.1, 0.15) is 17.4 Å². The zero-order chi connectivity index (χ0) is 14.5. The first-order chi connectivity index (χ1) is 9.60. The van der Waals surface area contributed by atoms with Gasteiger partial charge in [-0.1, -0.05) is 35.9 Å². The molecule has 0 aliphatic carbocycles. The Morgan fingerprint density at radius 3 is 2.50 bits per heavy atom. The molecule has 0 amide bonds. The fourth-order valence-corrected chi connectivity index (χ4v) is 1.83. The molecule has 0 saturated carbocycles. The van der Waals surface area contributed by atoms with Crippen LogP contribution in [0.3, 0.4) is 0 Å². The van der Waals surface area contributed by atoms with Crippen molar-refractivity contribution in [1.29, 1.82) is 5.26 Å². The summed E-state index contributed by atoms with van der Waals surface area (Å²) in [6.45, 7) is 1.90. The van der Waals surface area contributed by atoms with Crippen molar-refractivity contribution >= 4 is 11.9 Å². The second-order valence-electron chi connectivity index (χ2n) is 4.46. The summed E-state index contributed by atoms with van der Waals surface area (Å²) in [7, 11) is 0. The van der Waals surface area contributed by atoms with Crippen LogP contribution in [0.2, 0.25) is 0 Å². The predicted molar refractivity (Wildman–Crippen MR) is 77.2 cm³/mol. The summed E-state index contributed by atoms with van der Waals surface area (Å²) in [4.78, 5) is 12.3. The summed E-state index contributed by atoms with van der Waals surface area (Å²) in [5, 5.41) is 18.4. The highest BCUT2D eigenvalue weighted by atomic mass is 16.3. The fraction of sp³-hybridized carbons (Fsp3) is 0.0588. The number of carbonyl (C=O) groups is 1. The van der Waals surface area contributed by atoms with Crippen LogP contribution in [0.5, 0.6) is 5.75 Å². The maximum atomic E-state index is 12.3. The molecular weight excluding hydrogens is 250 g/mol. The Hall–Kier alpha value is -2.86. The number of allylic oxidation sites excluding steroid dienone is 1. The summed E-state index contributed by atoms with van der Waals surface area (Å²) in [5.41, 5.74) is 2.23. The minimum atomic E-state index is -0.302. The van der Waals surface area contributed by atoms with E-state index in [1.54, 1.807) is 30.3 Å². The lowest BCUT2D eigenvalue weighted by Crippen LogP contribution is -2.02. The van der Waals surface area contributed by atoms with Crippen LogP contribution in [0.1, 0.15) is 21.5 Å². The highest BCUT2D eigenvalue weighted by Gasteiger charge is 2.12. The van der Waals surface area contributed by atoms with Gasteiger partial charge in [0.05, 0.1) is 0 Å². The Kier molecular flexibility index (Phi) is 3.97. The van der Waals surface area contributed by atoms with Crippen molar-refractivity contribution < 1.29 is 9.90 Å². The average Bonchev–Trinajstić information content (AvgIpc) is 2.46. The summed E-state index contributed by atoms with van der Waals surface area (Å²) in [5.74, 6) is -0.157. The van der Waals surface area contributed by atoms with E-state index in [1.807, 2.05) is 19.1 Å². The molecule has 20 heavy (non-hydrogen) atoms. The molecule has 0 radical (unpaired) electrons. The number of ketones is 1. The van der Waals surface area contributed by atoms with Gasteiger partial charge in [-0.2, -0.15) is 5.26 Å². The van der Waals surface area contributed by atoms with E-state index >= 15 is 0 Å². The van der Waals surface area contributed by atoms with Gasteiger partial charge in [0.2, 0.25) is 5.78 Å². The monoisotopic (exact) mass is 263 g/mol. The third kappa shape index (κ3) is 3.12. The van der Waals surface area contributed by atoms with E-state index in [0.717, 1.165) is 5.56 Å². The largest absolute Gasteiger partial charge is 0.508 e. The van der Waals surface area contributed by atoms with E-state index in [-0.39, 0.29) is 17.1 Å². The standard InChI is InChI=1S/C17H13NO2/c1-12-3-2-4-14(9-12)17(20)15(11-18)10-13-5-7-16(19)8-6-13/h2-10,19H,1H3. The van der Waals surface area contributed by atoms with E-state index in [4.69, 9.17) is 5.26 Å². The Labute approximate surface area is 117 Å². The van der Waals surface area contributed by atoms with Crippen LogP contribution in [-0.4, -0.2) is 10.9 Å². The van der Waals surface area contributed by atoms with Crippen molar-refractivity contribution in [3.63, 3.8) is 0 Å². The lowest BCUT2D eigenvalue weighted by molar-refractivity contribution is 0.104. The van der Waals surface area contributed by atoms with Crippen LogP contribution in [0.25, 0.3) is 6.08 Å². The number of carbonyl (C=O) groups excluding carboxylic acids is 1. The number of rotatable bonds is 3. The molecule has 0 saturated heterocycles. The normalized spacial score (nSPS) is 10.9. The second kappa shape index (κ2) is 5.85. The average molecular weight is 263 g/mol. The molecule has 0 unspecified atom stereocenters. The lowest BCUT2D eigenvalue weighted by Gasteiger charge is -2.01. The molecule has 2 aromatic rings. The third-order valence-corrected chi connectivity index (χ3v) is 2.85. The molecule has 0 aliphatic heterocycles. The smallest absolute Gasteiger partial charge is 0.203 e. The van der Waals surface area contributed by atoms with Crippen molar-refractivity contribution in [1.82, 2.24) is 0 Å². The molecule has 0 bridgehead atoms. The van der Waals surface area contributed by atoms with Crippen LogP contribution in [0.4, 0.5) is 0 Å². The maximum Gasteiger partial charge on any atom is 0.203 e. The molecule has 0 spiro atoms. The SMILES string of the molecule is Cc1cccc(C(=O)C(C#N)=Cc2ccc(O)cc2)c1. The molecule has 98 valence electrons. The third-order valence-electron chi connectivity index (χ3n) is 2.85. The number of hydrogen-bond donors (Lipinski definition) is 1. The summed E-state index contributed by atoms with van der Waals surface area (Å²) < 4.78 is 0. The fourth-order valence-electron chi connectivity index (χ4n) is 1.83. The van der Waals surface area contributed by atoms with Gasteiger partial charge in [0.15, 0.2) is 0 Å². The highest BCUT2D eigenvalue weighted by Crippen LogP contribution is 2.16. The van der Waals surface area contributed by atoms with Crippen molar-refractivity contribution in [2.24, 2.45) is 0 Å². The van der Waals surface area contributed by atoms with Crippen LogP contribution in [-0.2, 0) is 0 Å². The van der Waals surface area contributed by atoms with Gasteiger partial charge < -0.3 is 5.11 Å². The predicted octanol–water partition coefficient (Wildman–Crippen LogP) is 3.49. The van der Waals surface area contributed by atoms with Gasteiger partial charge in [-0.3, -0.25) is 4.79 Å². The number of hydrogen-bond acceptors (Lipinski definition) is 3. The summed E-state index contributed by atoms with van der Waals surface area (Å²) in [6, 6.07) is 15.4. The topological polar surface area (TPSA) is 61.1 Å². The number of nitrogens with zero attached hydrogens (tertiary/aromatic N) is 1. The molecule has 3 heteroatoms. The molecule has 2 aromatic carbocycles. The molecule has 0 fully saturated rings. The maximum absolute atomic E-state index is 12.3. The molecule has 0 aliphatic rings.